The molecular weight excluding hydrogens is 494 g/mol. The van der Waals surface area contributed by atoms with Gasteiger partial charge in [-0.05, 0) is 66.3 Å². The summed E-state index contributed by atoms with van der Waals surface area (Å²) in [4.78, 5) is 0. The van der Waals surface area contributed by atoms with Crippen molar-refractivity contribution in [3.8, 4) is 22.3 Å². The second-order valence-electron chi connectivity index (χ2n) is 14.7. The first-order chi connectivity index (χ1) is 17.4. The van der Waals surface area contributed by atoms with E-state index in [-0.39, 0.29) is 36.5 Å². The summed E-state index contributed by atoms with van der Waals surface area (Å²) in [5.74, 6) is 0. The lowest BCUT2D eigenvalue weighted by atomic mass is 9.90. The normalized spacial score (nSPS) is 13.4. The molecule has 3 rings (SSSR count). The Hall–Kier alpha value is -1.48. The Labute approximate surface area is 237 Å². The molecule has 0 atom stereocenters. The van der Waals surface area contributed by atoms with Crippen LogP contribution in [0.15, 0.2) is 72.8 Å². The summed E-state index contributed by atoms with van der Waals surface area (Å²) in [5.41, 5.74) is 8.73. The van der Waals surface area contributed by atoms with Crippen LogP contribution in [-0.2, 0) is 12.3 Å². The third-order valence-corrected chi connectivity index (χ3v) is 15.2. The maximum Gasteiger partial charge on any atom is -0.00544 e. The van der Waals surface area contributed by atoms with Crippen LogP contribution >= 0.6 is 15.8 Å². The van der Waals surface area contributed by atoms with Crippen LogP contribution in [0.4, 0.5) is 0 Å². The lowest BCUT2D eigenvalue weighted by Gasteiger charge is -2.44. The number of rotatable bonds is 6. The van der Waals surface area contributed by atoms with Gasteiger partial charge in [-0.25, -0.2) is 0 Å². The van der Waals surface area contributed by atoms with Crippen LogP contribution < -0.4 is 0 Å². The van der Waals surface area contributed by atoms with Gasteiger partial charge >= 0.3 is 0 Å². The van der Waals surface area contributed by atoms with Crippen molar-refractivity contribution < 1.29 is 0 Å². The van der Waals surface area contributed by atoms with E-state index in [0.717, 1.165) is 12.3 Å². The average Bonchev–Trinajstić information content (AvgIpc) is 2.79. The molecule has 0 aromatic heterocycles. The summed E-state index contributed by atoms with van der Waals surface area (Å²) in [6, 6.07) is 27.1. The summed E-state index contributed by atoms with van der Waals surface area (Å²) in [6.45, 7) is 29.5. The lowest BCUT2D eigenvalue weighted by Crippen LogP contribution is -2.27. The highest BCUT2D eigenvalue weighted by atomic mass is 31.1. The predicted octanol–water partition coefficient (Wildman–Crippen LogP) is 12.2. The molecule has 0 saturated heterocycles. The minimum absolute atomic E-state index is 0.264. The van der Waals surface area contributed by atoms with Crippen molar-refractivity contribution in [2.75, 3.05) is 0 Å². The van der Waals surface area contributed by atoms with E-state index in [9.17, 15) is 0 Å². The van der Waals surface area contributed by atoms with Gasteiger partial charge in [0.15, 0.2) is 0 Å². The molecule has 206 valence electrons. The average molecular weight is 547 g/mol. The fraction of sp³-hybridized carbons (Fsp3) is 0.500. The van der Waals surface area contributed by atoms with Crippen molar-refractivity contribution in [2.45, 2.75) is 116 Å². The van der Waals surface area contributed by atoms with Gasteiger partial charge < -0.3 is 0 Å². The van der Waals surface area contributed by atoms with E-state index in [4.69, 9.17) is 0 Å². The minimum atomic E-state index is -0.297. The van der Waals surface area contributed by atoms with Gasteiger partial charge in [-0.3, -0.25) is 0 Å². The van der Waals surface area contributed by atoms with E-state index >= 15 is 0 Å². The van der Waals surface area contributed by atoms with Gasteiger partial charge in [0, 0.05) is 0 Å². The predicted molar refractivity (Wildman–Crippen MR) is 178 cm³/mol. The monoisotopic (exact) mass is 546 g/mol. The van der Waals surface area contributed by atoms with Crippen molar-refractivity contribution in [2.24, 2.45) is 0 Å². The van der Waals surface area contributed by atoms with E-state index < -0.39 is 0 Å². The smallest absolute Gasteiger partial charge is 0.00544 e. The summed E-state index contributed by atoms with van der Waals surface area (Å²) >= 11 is 0. The number of hydrogen-bond acceptors (Lipinski definition) is 0. The largest absolute Gasteiger partial charge is 0.0911 e. The number of hydrogen-bond donors (Lipinski definition) is 0. The van der Waals surface area contributed by atoms with Crippen molar-refractivity contribution in [1.29, 1.82) is 0 Å². The SMILES string of the molecule is CC(C)(C)P(Cc1c(-c2ccccc2)ccc(-c2ccccc2)c1CP(C(C)(C)C)C(C)(C)C)C(C)(C)C. The molecule has 3 aromatic rings. The Morgan fingerprint density at radius 3 is 0.895 bits per heavy atom. The van der Waals surface area contributed by atoms with Gasteiger partial charge in [0.1, 0.15) is 0 Å². The molecule has 0 nitrogen and oxygen atoms in total. The van der Waals surface area contributed by atoms with E-state index in [1.54, 1.807) is 11.1 Å². The molecule has 38 heavy (non-hydrogen) atoms. The fourth-order valence-electron chi connectivity index (χ4n) is 6.11. The Kier molecular flexibility index (Phi) is 9.44. The van der Waals surface area contributed by atoms with Crippen LogP contribution in [0.25, 0.3) is 22.3 Å². The van der Waals surface area contributed by atoms with E-state index in [0.29, 0.717) is 0 Å². The molecule has 0 heterocycles. The standard InChI is InChI=1S/C36H52P2/c1-33(2,3)37(34(4,5)6)25-31-29(27-19-15-13-16-20-27)23-24-30(28-21-17-14-18-22-28)32(31)26-38(35(7,8)9)36(10,11)12/h13-24H,25-26H2,1-12H3. The van der Waals surface area contributed by atoms with Crippen molar-refractivity contribution in [1.82, 2.24) is 0 Å². The van der Waals surface area contributed by atoms with E-state index in [2.05, 4.69) is 156 Å². The van der Waals surface area contributed by atoms with Gasteiger partial charge in [-0.2, -0.15) is 0 Å². The summed E-state index contributed by atoms with van der Waals surface area (Å²) < 4.78 is 0. The maximum absolute atomic E-state index is 2.46. The van der Waals surface area contributed by atoms with Crippen molar-refractivity contribution >= 4 is 15.8 Å². The second-order valence-corrected chi connectivity index (χ2v) is 22.4. The first-order valence-electron chi connectivity index (χ1n) is 14.2. The van der Waals surface area contributed by atoms with Crippen LogP contribution in [0.3, 0.4) is 0 Å². The molecule has 0 N–H and O–H groups in total. The van der Waals surface area contributed by atoms with Gasteiger partial charge in [0.25, 0.3) is 0 Å². The molecule has 0 spiro atoms. The molecule has 0 unspecified atom stereocenters. The van der Waals surface area contributed by atoms with Crippen LogP contribution in [0.5, 0.6) is 0 Å². The quantitative estimate of drug-likeness (QED) is 0.270. The zero-order valence-electron chi connectivity index (χ0n) is 26.2. The van der Waals surface area contributed by atoms with Crippen LogP contribution in [0.2, 0.25) is 0 Å². The Morgan fingerprint density at radius 2 is 0.658 bits per heavy atom. The minimum Gasteiger partial charge on any atom is -0.0911 e. The Bertz CT molecular complexity index is 1060. The zero-order valence-corrected chi connectivity index (χ0v) is 28.0. The van der Waals surface area contributed by atoms with Gasteiger partial charge in [-0.15, -0.1) is 0 Å². The van der Waals surface area contributed by atoms with Crippen molar-refractivity contribution in [3.05, 3.63) is 83.9 Å². The summed E-state index contributed by atoms with van der Waals surface area (Å²) in [6.07, 6.45) is 2.31. The molecule has 2 heteroatoms. The van der Waals surface area contributed by atoms with Gasteiger partial charge in [-0.1, -0.05) is 172 Å². The summed E-state index contributed by atoms with van der Waals surface area (Å²) in [5, 5.41) is 1.06. The Morgan fingerprint density at radius 1 is 0.395 bits per heavy atom. The third-order valence-electron chi connectivity index (χ3n) is 7.47. The third kappa shape index (κ3) is 7.58. The molecule has 0 radical (unpaired) electrons. The molecule has 0 amide bonds. The Balaban J connectivity index is 2.41. The van der Waals surface area contributed by atoms with Crippen LogP contribution in [0, 0.1) is 0 Å². The van der Waals surface area contributed by atoms with Gasteiger partial charge in [0.2, 0.25) is 0 Å². The lowest BCUT2D eigenvalue weighted by molar-refractivity contribution is 0.699. The molecular formula is C36H52P2. The molecule has 0 saturated carbocycles. The molecule has 0 aliphatic rings. The second kappa shape index (κ2) is 11.6. The van der Waals surface area contributed by atoms with Crippen LogP contribution in [-0.4, -0.2) is 20.6 Å². The van der Waals surface area contributed by atoms with Crippen molar-refractivity contribution in [3.63, 3.8) is 0 Å². The first-order valence-corrected chi connectivity index (χ1v) is 17.3. The van der Waals surface area contributed by atoms with Gasteiger partial charge in [0.05, 0.1) is 0 Å². The van der Waals surface area contributed by atoms with Crippen LogP contribution in [0.1, 0.15) is 94.2 Å². The first kappa shape index (κ1) is 31.1. The molecule has 0 aliphatic heterocycles. The van der Waals surface area contributed by atoms with E-state index in [1.807, 2.05) is 0 Å². The molecule has 3 aromatic carbocycles. The topological polar surface area (TPSA) is 0 Å². The highest BCUT2D eigenvalue weighted by molar-refractivity contribution is 7.60. The summed E-state index contributed by atoms with van der Waals surface area (Å²) in [7, 11) is -0.594. The molecule has 0 fully saturated rings. The van der Waals surface area contributed by atoms with E-state index in [1.165, 1.54) is 22.3 Å². The maximum atomic E-state index is 2.46. The molecule has 0 bridgehead atoms. The molecule has 0 aliphatic carbocycles. The fourth-order valence-corrected chi connectivity index (χ4v) is 13.4. The highest BCUT2D eigenvalue weighted by Gasteiger charge is 2.38. The highest BCUT2D eigenvalue weighted by Crippen LogP contribution is 2.65. The zero-order chi connectivity index (χ0) is 28.5. The number of benzene rings is 3.